The molecule has 3 unspecified atom stereocenters. The molecule has 5 rings (SSSR count). The van der Waals surface area contributed by atoms with Crippen LogP contribution >= 0.6 is 0 Å². The van der Waals surface area contributed by atoms with Crippen molar-refractivity contribution >= 4 is 17.7 Å². The van der Waals surface area contributed by atoms with Crippen molar-refractivity contribution in [2.75, 3.05) is 13.1 Å². The molecule has 3 atom stereocenters. The second-order valence-electron chi connectivity index (χ2n) is 8.90. The van der Waals surface area contributed by atoms with E-state index >= 15 is 4.39 Å². The second-order valence-corrected chi connectivity index (χ2v) is 8.90. The van der Waals surface area contributed by atoms with E-state index in [-0.39, 0.29) is 59.9 Å². The van der Waals surface area contributed by atoms with E-state index in [0.29, 0.717) is 4.90 Å². The van der Waals surface area contributed by atoms with E-state index in [2.05, 4.69) is 0 Å². The van der Waals surface area contributed by atoms with Crippen LogP contribution in [-0.2, 0) is 34.0 Å². The Morgan fingerprint density at radius 3 is 2.67 bits per heavy atom. The lowest BCUT2D eigenvalue weighted by Crippen LogP contribution is -2.52. The molecule has 0 bridgehead atoms. The molecular formula is C27H30FN3O5. The third-order valence-electron chi connectivity index (χ3n) is 6.09. The number of imide groups is 1. The number of nitrogens with one attached hydrogen (secondary N) is 1. The van der Waals surface area contributed by atoms with Gasteiger partial charge in [-0.2, -0.15) is 0 Å². The van der Waals surface area contributed by atoms with Crippen LogP contribution in [0.1, 0.15) is 63.2 Å². The number of halogens is 1. The Balaban J connectivity index is 1.41. The fraction of sp³-hybridized carbons (Fsp3) is 0.444. The van der Waals surface area contributed by atoms with Crippen LogP contribution in [0.2, 0.25) is 0 Å². The van der Waals surface area contributed by atoms with Crippen LogP contribution in [-0.4, -0.2) is 58.8 Å². The van der Waals surface area contributed by atoms with Crippen LogP contribution in [0.15, 0.2) is 36.4 Å². The number of carbonyl (C=O) groups is 3. The number of piperidine rings is 1. The predicted octanol–water partition coefficient (Wildman–Crippen LogP) is 2.77. The Morgan fingerprint density at radius 2 is 1.89 bits per heavy atom. The summed E-state index contributed by atoms with van der Waals surface area (Å²) in [6, 6.07) is 5.42. The maximum atomic E-state index is 15.7. The van der Waals surface area contributed by atoms with Gasteiger partial charge in [-0.25, -0.2) is 4.39 Å². The van der Waals surface area contributed by atoms with E-state index in [1.807, 2.05) is 13.8 Å². The van der Waals surface area contributed by atoms with Gasteiger partial charge in [0.1, 0.15) is 24.2 Å². The van der Waals surface area contributed by atoms with Crippen molar-refractivity contribution in [1.29, 1.82) is 0 Å². The van der Waals surface area contributed by atoms with Crippen molar-refractivity contribution in [2.45, 2.75) is 64.5 Å². The molecule has 0 aliphatic carbocycles. The van der Waals surface area contributed by atoms with Crippen molar-refractivity contribution in [3.63, 3.8) is 0 Å². The summed E-state index contributed by atoms with van der Waals surface area (Å²) in [6.07, 6.45) is -7.21. The molecule has 36 heavy (non-hydrogen) atoms. The predicted molar refractivity (Wildman–Crippen MR) is 129 cm³/mol. The largest absolute Gasteiger partial charge is 0.488 e. The smallest absolute Gasteiger partial charge is 0.255 e. The second kappa shape index (κ2) is 9.99. The number of amides is 3. The summed E-state index contributed by atoms with van der Waals surface area (Å²) in [5.41, 5.74) is -0.0316. The van der Waals surface area contributed by atoms with Gasteiger partial charge in [-0.15, -0.1) is 0 Å². The van der Waals surface area contributed by atoms with E-state index in [0.717, 1.165) is 0 Å². The zero-order chi connectivity index (χ0) is 31.7. The molecule has 8 nitrogen and oxygen atoms in total. The molecule has 1 N–H and O–H groups in total. The number of benzene rings is 2. The molecule has 0 radical (unpaired) electrons. The molecule has 3 heterocycles. The Hall–Kier alpha value is -3.30. The Labute approximate surface area is 219 Å². The Morgan fingerprint density at radius 1 is 1.17 bits per heavy atom. The van der Waals surface area contributed by atoms with Gasteiger partial charge in [0.25, 0.3) is 5.91 Å². The van der Waals surface area contributed by atoms with Crippen molar-refractivity contribution in [2.24, 2.45) is 0 Å². The van der Waals surface area contributed by atoms with Gasteiger partial charge in [0.15, 0.2) is 0 Å². The summed E-state index contributed by atoms with van der Waals surface area (Å²) in [5.74, 6) is -4.73. The molecular weight excluding hydrogens is 465 g/mol. The van der Waals surface area contributed by atoms with Gasteiger partial charge < -0.3 is 14.4 Å². The lowest BCUT2D eigenvalue weighted by atomic mass is 10.0. The van der Waals surface area contributed by atoms with Gasteiger partial charge in [0.2, 0.25) is 11.8 Å². The van der Waals surface area contributed by atoms with Gasteiger partial charge in [-0.3, -0.25) is 24.6 Å². The molecule has 3 aliphatic heterocycles. The number of nitrogens with zero attached hydrogens (tertiary/aromatic N) is 2. The van der Waals surface area contributed by atoms with E-state index in [4.69, 9.17) is 19.1 Å². The van der Waals surface area contributed by atoms with Crippen LogP contribution in [0, 0.1) is 5.82 Å². The molecule has 2 saturated heterocycles. The zero-order valence-corrected chi connectivity index (χ0v) is 19.8. The van der Waals surface area contributed by atoms with Gasteiger partial charge in [-0.1, -0.05) is 24.3 Å². The average molecular weight is 503 g/mol. The minimum atomic E-state index is -3.42. The number of morpholine rings is 1. The number of carbonyl (C=O) groups excluding carboxylic acids is 3. The summed E-state index contributed by atoms with van der Waals surface area (Å²) >= 11 is 0. The van der Waals surface area contributed by atoms with E-state index in [9.17, 15) is 14.4 Å². The van der Waals surface area contributed by atoms with Crippen molar-refractivity contribution in [3.05, 3.63) is 64.5 Å². The molecule has 3 amide bonds. The zero-order valence-electron chi connectivity index (χ0n) is 26.8. The SMILES string of the molecule is [2H]C([2H])(c1cccc(COc2cccc3c2CN(C2([2H])C(=O)NC(=O)C([2H])([2H])C2([2H])[2H])C3=O)c1F)N1CC(C)OC(C)C1. The third kappa shape index (κ3) is 4.85. The third-order valence-corrected chi connectivity index (χ3v) is 6.09. The summed E-state index contributed by atoms with van der Waals surface area (Å²) < 4.78 is 85.7. The lowest BCUT2D eigenvalue weighted by molar-refractivity contribution is -0.136. The van der Waals surface area contributed by atoms with Crippen molar-refractivity contribution in [3.8, 4) is 5.75 Å². The lowest BCUT2D eigenvalue weighted by Gasteiger charge is -2.35. The maximum absolute atomic E-state index is 15.7. The van der Waals surface area contributed by atoms with Gasteiger partial charge in [-0.05, 0) is 32.4 Å². The van der Waals surface area contributed by atoms with Crippen LogP contribution in [0.25, 0.3) is 0 Å². The Kier molecular flexibility index (Phi) is 4.77. The quantitative estimate of drug-likeness (QED) is 0.612. The summed E-state index contributed by atoms with van der Waals surface area (Å²) in [7, 11) is 0. The minimum absolute atomic E-state index is 0.0289. The number of hydrogen-bond donors (Lipinski definition) is 1. The number of rotatable bonds is 6. The molecule has 190 valence electrons. The Bertz CT molecular complexity index is 1500. The number of ether oxygens (including phenoxy) is 2. The van der Waals surface area contributed by atoms with E-state index in [1.54, 1.807) is 5.32 Å². The summed E-state index contributed by atoms with van der Waals surface area (Å²) in [6.45, 7) is 1.11. The topological polar surface area (TPSA) is 88.2 Å². The fourth-order valence-corrected chi connectivity index (χ4v) is 4.55. The van der Waals surface area contributed by atoms with Crippen molar-refractivity contribution in [1.82, 2.24) is 15.1 Å². The summed E-state index contributed by atoms with van der Waals surface area (Å²) in [5, 5.41) is 1.67. The molecule has 2 aromatic carbocycles. The van der Waals surface area contributed by atoms with E-state index in [1.165, 1.54) is 41.3 Å². The minimum Gasteiger partial charge on any atom is -0.488 e. The van der Waals surface area contributed by atoms with Crippen LogP contribution < -0.4 is 10.1 Å². The monoisotopic (exact) mass is 502 g/mol. The highest BCUT2D eigenvalue weighted by Gasteiger charge is 2.40. The first-order chi connectivity index (χ1) is 19.9. The highest BCUT2D eigenvalue weighted by Crippen LogP contribution is 2.34. The average Bonchev–Trinajstić information content (AvgIpc) is 3.27. The first kappa shape index (κ1) is 17.2. The van der Waals surface area contributed by atoms with Crippen LogP contribution in [0.4, 0.5) is 4.39 Å². The maximum Gasteiger partial charge on any atom is 0.255 e. The molecule has 9 heteroatoms. The van der Waals surface area contributed by atoms with Crippen molar-refractivity contribution < 1.29 is 37.8 Å². The van der Waals surface area contributed by atoms with Gasteiger partial charge in [0, 0.05) is 56.4 Å². The molecule has 0 saturated carbocycles. The molecule has 2 fully saturated rings. The molecule has 0 aromatic heterocycles. The van der Waals surface area contributed by atoms with Gasteiger partial charge in [0.05, 0.1) is 20.1 Å². The van der Waals surface area contributed by atoms with E-state index < -0.39 is 55.3 Å². The van der Waals surface area contributed by atoms with Gasteiger partial charge >= 0.3 is 0 Å². The highest BCUT2D eigenvalue weighted by molar-refractivity contribution is 6.05. The fourth-order valence-electron chi connectivity index (χ4n) is 4.55. The summed E-state index contributed by atoms with van der Waals surface area (Å²) in [4.78, 5) is 40.2. The normalized spacial score (nSPS) is 32.7. The number of fused-ring (bicyclic) bond motifs is 1. The number of hydrogen-bond acceptors (Lipinski definition) is 6. The first-order valence-corrected chi connectivity index (χ1v) is 11.6. The van der Waals surface area contributed by atoms with Crippen LogP contribution in [0.5, 0.6) is 5.75 Å². The molecule has 3 aliphatic rings. The molecule has 0 spiro atoms. The van der Waals surface area contributed by atoms with Crippen LogP contribution in [0.3, 0.4) is 0 Å². The highest BCUT2D eigenvalue weighted by atomic mass is 19.1. The molecule has 2 aromatic rings. The standard InChI is InChI=1S/C27H30FN3O5/c1-16-11-30(12-17(2)36-16)13-18-5-3-6-19(25(18)28)15-35-23-8-4-7-20-21(23)14-31(27(20)34)22-9-10-24(32)29-26(22)33/h3-8,16-17,22H,9-15H2,1-2H3,(H,29,32,33)/i9D2,10D2,13D2,22D. The first-order valence-electron chi connectivity index (χ1n) is 15.1.